The minimum atomic E-state index is 0.315. The molecular weight excluding hydrogens is 280 g/mol. The standard InChI is InChI=1S/C17H28N2O3/c1-12-10-19(11-13(2)22-12)7-5-6-14-8-16(20-3)17(21-4)9-15(14)18/h8-9,12-13H,5-7,10-11,18H2,1-4H3. The second-order valence-electron chi connectivity index (χ2n) is 6.03. The summed E-state index contributed by atoms with van der Waals surface area (Å²) in [5, 5.41) is 0. The quantitative estimate of drug-likeness (QED) is 0.817. The summed E-state index contributed by atoms with van der Waals surface area (Å²) in [5.41, 5.74) is 8.00. The largest absolute Gasteiger partial charge is 0.493 e. The molecule has 2 atom stereocenters. The minimum absolute atomic E-state index is 0.315. The number of rotatable bonds is 6. The van der Waals surface area contributed by atoms with Gasteiger partial charge in [0.1, 0.15) is 0 Å². The van der Waals surface area contributed by atoms with Gasteiger partial charge in [-0.3, -0.25) is 4.90 Å². The van der Waals surface area contributed by atoms with Crippen LogP contribution in [0.25, 0.3) is 0 Å². The van der Waals surface area contributed by atoms with Crippen LogP contribution in [0.2, 0.25) is 0 Å². The van der Waals surface area contributed by atoms with Crippen molar-refractivity contribution in [2.24, 2.45) is 0 Å². The maximum absolute atomic E-state index is 6.11. The predicted molar refractivity (Wildman–Crippen MR) is 88.7 cm³/mol. The Balaban J connectivity index is 1.91. The molecule has 0 spiro atoms. The van der Waals surface area contributed by atoms with E-state index in [9.17, 15) is 0 Å². The number of anilines is 1. The first-order chi connectivity index (χ1) is 10.5. The first-order valence-electron chi connectivity index (χ1n) is 7.91. The molecule has 5 nitrogen and oxygen atoms in total. The van der Waals surface area contributed by atoms with Crippen LogP contribution in [-0.2, 0) is 11.2 Å². The van der Waals surface area contributed by atoms with Gasteiger partial charge in [-0.2, -0.15) is 0 Å². The van der Waals surface area contributed by atoms with E-state index in [0.29, 0.717) is 18.0 Å². The molecule has 124 valence electrons. The van der Waals surface area contributed by atoms with E-state index in [-0.39, 0.29) is 0 Å². The van der Waals surface area contributed by atoms with Crippen molar-refractivity contribution < 1.29 is 14.2 Å². The van der Waals surface area contributed by atoms with Crippen molar-refractivity contribution in [2.45, 2.75) is 38.9 Å². The van der Waals surface area contributed by atoms with E-state index in [0.717, 1.165) is 49.5 Å². The van der Waals surface area contributed by atoms with Crippen molar-refractivity contribution in [1.82, 2.24) is 4.90 Å². The molecule has 1 aromatic carbocycles. The van der Waals surface area contributed by atoms with Gasteiger partial charge in [-0.25, -0.2) is 0 Å². The lowest BCUT2D eigenvalue weighted by molar-refractivity contribution is -0.0680. The molecule has 0 bridgehead atoms. The molecule has 0 amide bonds. The number of methoxy groups -OCH3 is 2. The SMILES string of the molecule is COc1cc(N)c(CCCN2CC(C)OC(C)C2)cc1OC. The van der Waals surface area contributed by atoms with Gasteiger partial charge in [0.25, 0.3) is 0 Å². The molecule has 5 heteroatoms. The van der Waals surface area contributed by atoms with Gasteiger partial charge in [0, 0.05) is 24.8 Å². The zero-order valence-electron chi connectivity index (χ0n) is 14.1. The molecule has 2 unspecified atom stereocenters. The van der Waals surface area contributed by atoms with Gasteiger partial charge in [0.2, 0.25) is 0 Å². The van der Waals surface area contributed by atoms with E-state index < -0.39 is 0 Å². The molecule has 1 saturated heterocycles. The average molecular weight is 308 g/mol. The summed E-state index contributed by atoms with van der Waals surface area (Å²) in [5.74, 6) is 1.42. The van der Waals surface area contributed by atoms with Crippen LogP contribution in [0.15, 0.2) is 12.1 Å². The van der Waals surface area contributed by atoms with Crippen LogP contribution in [0, 0.1) is 0 Å². The van der Waals surface area contributed by atoms with Gasteiger partial charge in [-0.15, -0.1) is 0 Å². The van der Waals surface area contributed by atoms with E-state index in [1.807, 2.05) is 12.1 Å². The Morgan fingerprint density at radius 1 is 1.14 bits per heavy atom. The fraction of sp³-hybridized carbons (Fsp3) is 0.647. The fourth-order valence-corrected chi connectivity index (χ4v) is 3.11. The summed E-state index contributed by atoms with van der Waals surface area (Å²) in [6, 6.07) is 3.83. The topological polar surface area (TPSA) is 57.0 Å². The summed E-state index contributed by atoms with van der Waals surface area (Å²) in [7, 11) is 3.27. The highest BCUT2D eigenvalue weighted by Crippen LogP contribution is 2.32. The van der Waals surface area contributed by atoms with Gasteiger partial charge in [0.05, 0.1) is 26.4 Å². The van der Waals surface area contributed by atoms with E-state index >= 15 is 0 Å². The van der Waals surface area contributed by atoms with E-state index in [1.165, 1.54) is 0 Å². The number of ether oxygens (including phenoxy) is 3. The number of hydrogen-bond acceptors (Lipinski definition) is 5. The van der Waals surface area contributed by atoms with Crippen molar-refractivity contribution in [3.8, 4) is 11.5 Å². The summed E-state index contributed by atoms with van der Waals surface area (Å²) >= 11 is 0. The Morgan fingerprint density at radius 3 is 2.32 bits per heavy atom. The number of nitrogens with zero attached hydrogens (tertiary/aromatic N) is 1. The average Bonchev–Trinajstić information content (AvgIpc) is 2.47. The second-order valence-corrected chi connectivity index (χ2v) is 6.03. The van der Waals surface area contributed by atoms with E-state index in [4.69, 9.17) is 19.9 Å². The third-order valence-electron chi connectivity index (χ3n) is 4.06. The molecule has 1 aromatic rings. The molecule has 22 heavy (non-hydrogen) atoms. The van der Waals surface area contributed by atoms with Crippen LogP contribution in [0.3, 0.4) is 0 Å². The fourth-order valence-electron chi connectivity index (χ4n) is 3.11. The molecule has 1 aliphatic heterocycles. The van der Waals surface area contributed by atoms with Gasteiger partial charge in [0.15, 0.2) is 11.5 Å². The summed E-state index contributed by atoms with van der Waals surface area (Å²) in [6.45, 7) is 7.34. The van der Waals surface area contributed by atoms with Crippen LogP contribution >= 0.6 is 0 Å². The molecule has 2 N–H and O–H groups in total. The second kappa shape index (κ2) is 7.70. The van der Waals surface area contributed by atoms with Gasteiger partial charge < -0.3 is 19.9 Å². The van der Waals surface area contributed by atoms with Crippen LogP contribution in [0.1, 0.15) is 25.8 Å². The summed E-state index contributed by atoms with van der Waals surface area (Å²) in [6.07, 6.45) is 2.63. The Morgan fingerprint density at radius 2 is 1.73 bits per heavy atom. The summed E-state index contributed by atoms with van der Waals surface area (Å²) in [4.78, 5) is 2.47. The molecule has 0 aliphatic carbocycles. The van der Waals surface area contributed by atoms with Crippen LogP contribution < -0.4 is 15.2 Å². The van der Waals surface area contributed by atoms with Crippen LogP contribution in [-0.4, -0.2) is 51.0 Å². The lowest BCUT2D eigenvalue weighted by Crippen LogP contribution is -2.45. The highest BCUT2D eigenvalue weighted by atomic mass is 16.5. The first-order valence-corrected chi connectivity index (χ1v) is 7.91. The molecule has 1 heterocycles. The monoisotopic (exact) mass is 308 g/mol. The van der Waals surface area contributed by atoms with Crippen molar-refractivity contribution >= 4 is 5.69 Å². The molecule has 0 aromatic heterocycles. The molecule has 1 aliphatic rings. The zero-order chi connectivity index (χ0) is 16.1. The zero-order valence-corrected chi connectivity index (χ0v) is 14.1. The normalized spacial score (nSPS) is 22.5. The number of nitrogens with two attached hydrogens (primary N) is 1. The number of hydrogen-bond donors (Lipinski definition) is 1. The van der Waals surface area contributed by atoms with Gasteiger partial charge in [-0.1, -0.05) is 0 Å². The Hall–Kier alpha value is -1.46. The molecule has 2 rings (SSSR count). The molecule has 0 saturated carbocycles. The maximum atomic E-state index is 6.11. The first kappa shape index (κ1) is 16.9. The maximum Gasteiger partial charge on any atom is 0.162 e. The van der Waals surface area contributed by atoms with Crippen LogP contribution in [0.5, 0.6) is 11.5 Å². The minimum Gasteiger partial charge on any atom is -0.493 e. The van der Waals surface area contributed by atoms with Crippen molar-refractivity contribution in [2.75, 3.05) is 39.6 Å². The van der Waals surface area contributed by atoms with Gasteiger partial charge in [-0.05, 0) is 44.9 Å². The number of benzene rings is 1. The van der Waals surface area contributed by atoms with Crippen molar-refractivity contribution in [3.63, 3.8) is 0 Å². The predicted octanol–water partition coefficient (Wildman–Crippen LogP) is 2.33. The molecular formula is C17H28N2O3. The van der Waals surface area contributed by atoms with Crippen LogP contribution in [0.4, 0.5) is 5.69 Å². The third-order valence-corrected chi connectivity index (χ3v) is 4.06. The molecule has 1 fully saturated rings. The Bertz CT molecular complexity index is 483. The van der Waals surface area contributed by atoms with Crippen molar-refractivity contribution in [3.05, 3.63) is 17.7 Å². The number of aryl methyl sites for hydroxylation is 1. The third kappa shape index (κ3) is 4.27. The number of nitrogen functional groups attached to an aromatic ring is 1. The lowest BCUT2D eigenvalue weighted by atomic mass is 10.1. The van der Waals surface area contributed by atoms with Crippen molar-refractivity contribution in [1.29, 1.82) is 0 Å². The van der Waals surface area contributed by atoms with Gasteiger partial charge >= 0.3 is 0 Å². The Labute approximate surface area is 133 Å². The number of morpholine rings is 1. The highest BCUT2D eigenvalue weighted by molar-refractivity contribution is 5.58. The highest BCUT2D eigenvalue weighted by Gasteiger charge is 2.21. The lowest BCUT2D eigenvalue weighted by Gasteiger charge is -2.35. The molecule has 0 radical (unpaired) electrons. The Kier molecular flexibility index (Phi) is 5.91. The van der Waals surface area contributed by atoms with E-state index in [2.05, 4.69) is 18.7 Å². The van der Waals surface area contributed by atoms with E-state index in [1.54, 1.807) is 14.2 Å². The summed E-state index contributed by atoms with van der Waals surface area (Å²) < 4.78 is 16.4. The smallest absolute Gasteiger partial charge is 0.162 e.